The molecule has 0 aromatic carbocycles. The molecule has 1 aliphatic rings. The zero-order valence-electron chi connectivity index (χ0n) is 9.76. The third kappa shape index (κ3) is 3.03. The molecule has 88 valence electrons. The lowest BCUT2D eigenvalue weighted by Gasteiger charge is -2.22. The van der Waals surface area contributed by atoms with E-state index in [0.717, 1.165) is 25.7 Å². The second kappa shape index (κ2) is 5.41. The average Bonchev–Trinajstić information content (AvgIpc) is 2.66. The van der Waals surface area contributed by atoms with Crippen molar-refractivity contribution in [2.24, 2.45) is 0 Å². The number of nitrogens with one attached hydrogen (secondary N) is 1. The Hall–Kier alpha value is -0.930. The fourth-order valence-corrected chi connectivity index (χ4v) is 2.43. The van der Waals surface area contributed by atoms with E-state index in [1.165, 1.54) is 5.56 Å². The minimum absolute atomic E-state index is 0.153. The molecule has 1 aliphatic carbocycles. The highest BCUT2D eigenvalue weighted by molar-refractivity contribution is 5.11. The maximum Gasteiger partial charge on any atom is 0.0693 e. The van der Waals surface area contributed by atoms with Gasteiger partial charge in [-0.25, -0.2) is 0 Å². The van der Waals surface area contributed by atoms with Gasteiger partial charge in [0, 0.05) is 24.5 Å². The Labute approximate surface area is 96.9 Å². The summed E-state index contributed by atoms with van der Waals surface area (Å²) in [4.78, 5) is 4.01. The Morgan fingerprint density at radius 1 is 1.44 bits per heavy atom. The Balaban J connectivity index is 1.82. The standard InChI is InChI=1S/C13H20N2O/c1-10(9-11-5-7-14-8-6-11)15-12-3-2-4-13(12)16/h5-8,10,12-13,15-16H,2-4,9H2,1H3. The van der Waals surface area contributed by atoms with E-state index in [0.29, 0.717) is 6.04 Å². The van der Waals surface area contributed by atoms with Gasteiger partial charge >= 0.3 is 0 Å². The van der Waals surface area contributed by atoms with Crippen LogP contribution in [0.4, 0.5) is 0 Å². The Kier molecular flexibility index (Phi) is 3.91. The van der Waals surface area contributed by atoms with Crippen LogP contribution >= 0.6 is 0 Å². The second-order valence-electron chi connectivity index (χ2n) is 4.73. The molecule has 1 aromatic heterocycles. The van der Waals surface area contributed by atoms with Gasteiger partial charge < -0.3 is 10.4 Å². The summed E-state index contributed by atoms with van der Waals surface area (Å²) in [6.07, 6.45) is 7.67. The molecule has 1 fully saturated rings. The van der Waals surface area contributed by atoms with Gasteiger partial charge in [-0.3, -0.25) is 4.98 Å². The fraction of sp³-hybridized carbons (Fsp3) is 0.615. The highest BCUT2D eigenvalue weighted by atomic mass is 16.3. The molecule has 0 spiro atoms. The van der Waals surface area contributed by atoms with Crippen molar-refractivity contribution in [1.29, 1.82) is 0 Å². The molecule has 2 N–H and O–H groups in total. The molecule has 1 aromatic rings. The normalized spacial score (nSPS) is 26.9. The summed E-state index contributed by atoms with van der Waals surface area (Å²) in [6, 6.07) is 4.78. The van der Waals surface area contributed by atoms with Crippen LogP contribution in [-0.4, -0.2) is 28.3 Å². The van der Waals surface area contributed by atoms with E-state index in [-0.39, 0.29) is 12.1 Å². The molecule has 0 saturated heterocycles. The van der Waals surface area contributed by atoms with Crippen molar-refractivity contribution in [3.05, 3.63) is 30.1 Å². The third-order valence-corrected chi connectivity index (χ3v) is 3.27. The Morgan fingerprint density at radius 2 is 2.19 bits per heavy atom. The van der Waals surface area contributed by atoms with Crippen LogP contribution in [0.15, 0.2) is 24.5 Å². The van der Waals surface area contributed by atoms with Crippen molar-refractivity contribution in [3.63, 3.8) is 0 Å². The maximum atomic E-state index is 9.73. The van der Waals surface area contributed by atoms with Gasteiger partial charge in [-0.2, -0.15) is 0 Å². The zero-order valence-corrected chi connectivity index (χ0v) is 9.76. The summed E-state index contributed by atoms with van der Waals surface area (Å²) in [6.45, 7) is 2.17. The number of aliphatic hydroxyl groups is 1. The first-order chi connectivity index (χ1) is 7.75. The van der Waals surface area contributed by atoms with Crippen molar-refractivity contribution in [2.45, 2.75) is 50.8 Å². The fourth-order valence-electron chi connectivity index (χ4n) is 2.43. The van der Waals surface area contributed by atoms with E-state index in [9.17, 15) is 5.11 Å². The summed E-state index contributed by atoms with van der Waals surface area (Å²) in [5, 5.41) is 13.2. The summed E-state index contributed by atoms with van der Waals surface area (Å²) in [5.41, 5.74) is 1.29. The van der Waals surface area contributed by atoms with Crippen molar-refractivity contribution >= 4 is 0 Å². The van der Waals surface area contributed by atoms with Gasteiger partial charge in [0.2, 0.25) is 0 Å². The van der Waals surface area contributed by atoms with Crippen LogP contribution in [-0.2, 0) is 6.42 Å². The second-order valence-corrected chi connectivity index (χ2v) is 4.73. The smallest absolute Gasteiger partial charge is 0.0693 e. The lowest BCUT2D eigenvalue weighted by atomic mass is 10.1. The average molecular weight is 220 g/mol. The minimum atomic E-state index is -0.153. The molecular weight excluding hydrogens is 200 g/mol. The van der Waals surface area contributed by atoms with Gasteiger partial charge in [-0.05, 0) is 50.3 Å². The van der Waals surface area contributed by atoms with E-state index in [1.54, 1.807) is 0 Å². The first kappa shape index (κ1) is 11.6. The molecular formula is C13H20N2O. The van der Waals surface area contributed by atoms with Crippen molar-refractivity contribution in [1.82, 2.24) is 10.3 Å². The minimum Gasteiger partial charge on any atom is -0.392 e. The van der Waals surface area contributed by atoms with E-state index in [2.05, 4.69) is 17.2 Å². The van der Waals surface area contributed by atoms with Gasteiger partial charge in [0.05, 0.1) is 6.10 Å². The molecule has 3 unspecified atom stereocenters. The van der Waals surface area contributed by atoms with Gasteiger partial charge in [0.1, 0.15) is 0 Å². The number of rotatable bonds is 4. The lowest BCUT2D eigenvalue weighted by Crippen LogP contribution is -2.42. The van der Waals surface area contributed by atoms with Crippen molar-refractivity contribution in [3.8, 4) is 0 Å². The summed E-state index contributed by atoms with van der Waals surface area (Å²) >= 11 is 0. The Morgan fingerprint density at radius 3 is 2.81 bits per heavy atom. The molecule has 3 heteroatoms. The van der Waals surface area contributed by atoms with Crippen LogP contribution < -0.4 is 5.32 Å². The molecule has 3 atom stereocenters. The lowest BCUT2D eigenvalue weighted by molar-refractivity contribution is 0.144. The van der Waals surface area contributed by atoms with Gasteiger partial charge in [-0.15, -0.1) is 0 Å². The molecule has 1 saturated carbocycles. The van der Waals surface area contributed by atoms with Gasteiger partial charge in [-0.1, -0.05) is 0 Å². The summed E-state index contributed by atoms with van der Waals surface area (Å²) in [7, 11) is 0. The molecule has 0 bridgehead atoms. The molecule has 1 heterocycles. The SMILES string of the molecule is CC(Cc1ccncc1)NC1CCCC1O. The van der Waals surface area contributed by atoms with Crippen LogP contribution in [0.1, 0.15) is 31.7 Å². The predicted octanol–water partition coefficient (Wildman–Crippen LogP) is 1.52. The third-order valence-electron chi connectivity index (χ3n) is 3.27. The molecule has 0 amide bonds. The first-order valence-corrected chi connectivity index (χ1v) is 6.08. The largest absolute Gasteiger partial charge is 0.392 e. The maximum absolute atomic E-state index is 9.73. The highest BCUT2D eigenvalue weighted by Gasteiger charge is 2.25. The number of aromatic nitrogens is 1. The molecule has 0 radical (unpaired) electrons. The van der Waals surface area contributed by atoms with E-state index >= 15 is 0 Å². The van der Waals surface area contributed by atoms with Crippen LogP contribution in [0, 0.1) is 0 Å². The molecule has 0 aliphatic heterocycles. The quantitative estimate of drug-likeness (QED) is 0.808. The van der Waals surface area contributed by atoms with Crippen LogP contribution in [0.3, 0.4) is 0 Å². The molecule has 16 heavy (non-hydrogen) atoms. The van der Waals surface area contributed by atoms with Crippen LogP contribution in [0.25, 0.3) is 0 Å². The zero-order chi connectivity index (χ0) is 11.4. The first-order valence-electron chi connectivity index (χ1n) is 6.08. The number of nitrogens with zero attached hydrogens (tertiary/aromatic N) is 1. The number of pyridine rings is 1. The summed E-state index contributed by atoms with van der Waals surface area (Å²) in [5.74, 6) is 0. The van der Waals surface area contributed by atoms with Crippen LogP contribution in [0.2, 0.25) is 0 Å². The number of hydrogen-bond acceptors (Lipinski definition) is 3. The van der Waals surface area contributed by atoms with E-state index in [1.807, 2.05) is 24.5 Å². The highest BCUT2D eigenvalue weighted by Crippen LogP contribution is 2.19. The number of aliphatic hydroxyl groups excluding tert-OH is 1. The topological polar surface area (TPSA) is 45.2 Å². The number of hydrogen-bond donors (Lipinski definition) is 2. The van der Waals surface area contributed by atoms with Gasteiger partial charge in [0.25, 0.3) is 0 Å². The van der Waals surface area contributed by atoms with E-state index < -0.39 is 0 Å². The van der Waals surface area contributed by atoms with Crippen molar-refractivity contribution < 1.29 is 5.11 Å². The monoisotopic (exact) mass is 220 g/mol. The summed E-state index contributed by atoms with van der Waals surface area (Å²) < 4.78 is 0. The van der Waals surface area contributed by atoms with Crippen LogP contribution in [0.5, 0.6) is 0 Å². The van der Waals surface area contributed by atoms with Crippen molar-refractivity contribution in [2.75, 3.05) is 0 Å². The Bertz CT molecular complexity index is 315. The van der Waals surface area contributed by atoms with E-state index in [4.69, 9.17) is 0 Å². The predicted molar refractivity (Wildman–Crippen MR) is 64.2 cm³/mol. The molecule has 3 nitrogen and oxygen atoms in total. The molecule has 2 rings (SSSR count). The van der Waals surface area contributed by atoms with Gasteiger partial charge in [0.15, 0.2) is 0 Å².